The van der Waals surface area contributed by atoms with Crippen molar-refractivity contribution in [2.75, 3.05) is 32.7 Å². The fourth-order valence-corrected chi connectivity index (χ4v) is 4.61. The largest absolute Gasteiger partial charge is 0.338 e. The second kappa shape index (κ2) is 7.13. The Morgan fingerprint density at radius 1 is 1.18 bits per heavy atom. The lowest BCUT2D eigenvalue weighted by Crippen LogP contribution is -2.53. The van der Waals surface area contributed by atoms with E-state index < -0.39 is 45.8 Å². The van der Waals surface area contributed by atoms with Crippen molar-refractivity contribution in [3.8, 4) is 0 Å². The van der Waals surface area contributed by atoms with E-state index in [1.54, 1.807) is 13.8 Å². The van der Waals surface area contributed by atoms with Crippen LogP contribution >= 0.6 is 0 Å². The van der Waals surface area contributed by atoms with E-state index >= 15 is 0 Å². The van der Waals surface area contributed by atoms with Gasteiger partial charge in [-0.15, -0.1) is 0 Å². The van der Waals surface area contributed by atoms with Crippen LogP contribution in [0.3, 0.4) is 0 Å². The molecule has 0 aromatic heterocycles. The van der Waals surface area contributed by atoms with E-state index in [2.05, 4.69) is 5.32 Å². The third-order valence-corrected chi connectivity index (χ3v) is 6.66. The van der Waals surface area contributed by atoms with Crippen molar-refractivity contribution in [2.45, 2.75) is 24.3 Å². The predicted octanol–water partition coefficient (Wildman–Crippen LogP) is -0.0110. The molecule has 2 heterocycles. The number of piperazine rings is 1. The van der Waals surface area contributed by atoms with Crippen LogP contribution in [0, 0.1) is 5.82 Å². The van der Waals surface area contributed by atoms with E-state index in [9.17, 15) is 27.2 Å². The minimum absolute atomic E-state index is 0.0379. The molecule has 0 saturated carbocycles. The summed E-state index contributed by atoms with van der Waals surface area (Å²) >= 11 is 0. The van der Waals surface area contributed by atoms with E-state index in [1.165, 1.54) is 21.3 Å². The smallest absolute Gasteiger partial charge is 0.325 e. The Balaban J connectivity index is 1.62. The van der Waals surface area contributed by atoms with Crippen molar-refractivity contribution in [3.05, 3.63) is 30.1 Å². The van der Waals surface area contributed by atoms with Crippen molar-refractivity contribution in [2.24, 2.45) is 0 Å². The third kappa shape index (κ3) is 3.72. The molecule has 4 amide bonds. The minimum Gasteiger partial charge on any atom is -0.338 e. The molecule has 0 spiro atoms. The molecule has 1 aromatic rings. The van der Waals surface area contributed by atoms with Crippen molar-refractivity contribution in [3.63, 3.8) is 0 Å². The SMILES string of the molecule is CC1(C)NC(=O)N(CC(=O)N2CCN(S(=O)(=O)c3cccc(F)c3)CC2)C1=O. The summed E-state index contributed by atoms with van der Waals surface area (Å²) < 4.78 is 39.7. The fraction of sp³-hybridized carbons (Fsp3) is 0.471. The molecule has 2 fully saturated rings. The number of nitrogens with zero attached hydrogens (tertiary/aromatic N) is 3. The molecule has 1 aromatic carbocycles. The number of benzene rings is 1. The lowest BCUT2D eigenvalue weighted by molar-refractivity contribution is -0.139. The molecule has 28 heavy (non-hydrogen) atoms. The van der Waals surface area contributed by atoms with Crippen LogP contribution in [-0.2, 0) is 19.6 Å². The van der Waals surface area contributed by atoms with E-state index in [0.717, 1.165) is 17.0 Å². The van der Waals surface area contributed by atoms with Gasteiger partial charge in [0.05, 0.1) is 4.90 Å². The predicted molar refractivity (Wildman–Crippen MR) is 96.1 cm³/mol. The van der Waals surface area contributed by atoms with Gasteiger partial charge in [0, 0.05) is 26.2 Å². The van der Waals surface area contributed by atoms with E-state index in [4.69, 9.17) is 0 Å². The number of amides is 4. The van der Waals surface area contributed by atoms with Gasteiger partial charge < -0.3 is 10.2 Å². The first-order valence-corrected chi connectivity index (χ1v) is 10.1. The Bertz CT molecular complexity index is 925. The maximum Gasteiger partial charge on any atom is 0.325 e. The molecule has 152 valence electrons. The molecule has 2 aliphatic rings. The van der Waals surface area contributed by atoms with Gasteiger partial charge in [0.25, 0.3) is 5.91 Å². The average molecular weight is 412 g/mol. The van der Waals surface area contributed by atoms with Crippen molar-refractivity contribution >= 4 is 27.9 Å². The zero-order chi connectivity index (χ0) is 20.7. The molecule has 0 aliphatic carbocycles. The Morgan fingerprint density at radius 3 is 2.36 bits per heavy atom. The van der Waals surface area contributed by atoms with Crippen LogP contribution in [0.4, 0.5) is 9.18 Å². The second-order valence-electron chi connectivity index (χ2n) is 7.19. The molecular weight excluding hydrogens is 391 g/mol. The number of hydrogen-bond donors (Lipinski definition) is 1. The van der Waals surface area contributed by atoms with Crippen LogP contribution < -0.4 is 5.32 Å². The summed E-state index contributed by atoms with van der Waals surface area (Å²) in [5, 5.41) is 2.50. The lowest BCUT2D eigenvalue weighted by Gasteiger charge is -2.34. The van der Waals surface area contributed by atoms with Crippen LogP contribution in [0.5, 0.6) is 0 Å². The molecule has 11 heteroatoms. The molecule has 2 aliphatic heterocycles. The Hall–Kier alpha value is -2.53. The standard InChI is InChI=1S/C17H21FN4O5S/c1-17(2)15(24)22(16(25)19-17)11-14(23)20-6-8-21(9-7-20)28(26,27)13-5-3-4-12(18)10-13/h3-5,10H,6-9,11H2,1-2H3,(H,19,25). The van der Waals surface area contributed by atoms with Gasteiger partial charge in [-0.25, -0.2) is 17.6 Å². The quantitative estimate of drug-likeness (QED) is 0.700. The summed E-state index contributed by atoms with van der Waals surface area (Å²) in [7, 11) is -3.86. The molecule has 0 radical (unpaired) electrons. The fourth-order valence-electron chi connectivity index (χ4n) is 3.15. The lowest BCUT2D eigenvalue weighted by atomic mass is 10.1. The van der Waals surface area contributed by atoms with Gasteiger partial charge in [-0.05, 0) is 32.0 Å². The van der Waals surface area contributed by atoms with Gasteiger partial charge in [-0.1, -0.05) is 6.07 Å². The highest BCUT2D eigenvalue weighted by molar-refractivity contribution is 7.89. The van der Waals surface area contributed by atoms with Gasteiger partial charge in [0.1, 0.15) is 17.9 Å². The first-order chi connectivity index (χ1) is 13.0. The number of carbonyl (C=O) groups excluding carboxylic acids is 3. The second-order valence-corrected chi connectivity index (χ2v) is 9.13. The summed E-state index contributed by atoms with van der Waals surface area (Å²) in [4.78, 5) is 38.7. The van der Waals surface area contributed by atoms with Gasteiger partial charge in [0.2, 0.25) is 15.9 Å². The van der Waals surface area contributed by atoms with Crippen molar-refractivity contribution in [1.29, 1.82) is 0 Å². The monoisotopic (exact) mass is 412 g/mol. The van der Waals surface area contributed by atoms with E-state index in [1.807, 2.05) is 0 Å². The number of imide groups is 1. The maximum absolute atomic E-state index is 13.3. The van der Waals surface area contributed by atoms with Crippen molar-refractivity contribution in [1.82, 2.24) is 19.4 Å². The van der Waals surface area contributed by atoms with Crippen LogP contribution in [0.15, 0.2) is 29.2 Å². The van der Waals surface area contributed by atoms with Gasteiger partial charge >= 0.3 is 6.03 Å². The number of carbonyl (C=O) groups is 3. The molecule has 0 bridgehead atoms. The summed E-state index contributed by atoms with van der Waals surface area (Å²) in [6.45, 7) is 3.00. The average Bonchev–Trinajstić information content (AvgIpc) is 2.83. The number of rotatable bonds is 4. The Labute approximate surface area is 162 Å². The van der Waals surface area contributed by atoms with Gasteiger partial charge in [0.15, 0.2) is 0 Å². The molecule has 1 N–H and O–H groups in total. The van der Waals surface area contributed by atoms with Crippen LogP contribution in [-0.4, -0.2) is 78.6 Å². The number of sulfonamides is 1. The molecule has 9 nitrogen and oxygen atoms in total. The van der Waals surface area contributed by atoms with E-state index in [0.29, 0.717) is 0 Å². The third-order valence-electron chi connectivity index (χ3n) is 4.76. The first kappa shape index (κ1) is 20.2. The molecule has 0 atom stereocenters. The van der Waals surface area contributed by atoms with E-state index in [-0.39, 0.29) is 31.1 Å². The van der Waals surface area contributed by atoms with Crippen molar-refractivity contribution < 1.29 is 27.2 Å². The Kier molecular flexibility index (Phi) is 5.15. The summed E-state index contributed by atoms with van der Waals surface area (Å²) in [5.41, 5.74) is -1.06. The topological polar surface area (TPSA) is 107 Å². The maximum atomic E-state index is 13.3. The molecular formula is C17H21FN4O5S. The minimum atomic E-state index is -3.86. The van der Waals surface area contributed by atoms with Crippen LogP contribution in [0.2, 0.25) is 0 Å². The first-order valence-electron chi connectivity index (χ1n) is 8.70. The number of hydrogen-bond acceptors (Lipinski definition) is 5. The molecule has 0 unspecified atom stereocenters. The highest BCUT2D eigenvalue weighted by Gasteiger charge is 2.45. The number of nitrogens with one attached hydrogen (secondary N) is 1. The van der Waals surface area contributed by atoms with Crippen LogP contribution in [0.25, 0.3) is 0 Å². The summed E-state index contributed by atoms with van der Waals surface area (Å²) in [5.74, 6) is -1.58. The molecule has 2 saturated heterocycles. The zero-order valence-corrected chi connectivity index (χ0v) is 16.3. The number of halogens is 1. The van der Waals surface area contributed by atoms with Crippen LogP contribution in [0.1, 0.15) is 13.8 Å². The van der Waals surface area contributed by atoms with Gasteiger partial charge in [-0.2, -0.15) is 4.31 Å². The summed E-state index contributed by atoms with van der Waals surface area (Å²) in [6, 6.07) is 4.12. The Morgan fingerprint density at radius 2 is 1.82 bits per heavy atom. The van der Waals surface area contributed by atoms with Gasteiger partial charge in [-0.3, -0.25) is 14.5 Å². The molecule has 3 rings (SSSR count). The number of urea groups is 1. The highest BCUT2D eigenvalue weighted by Crippen LogP contribution is 2.20. The normalized spacial score (nSPS) is 20.4. The summed E-state index contributed by atoms with van der Waals surface area (Å²) in [6.07, 6.45) is 0. The zero-order valence-electron chi connectivity index (χ0n) is 15.5. The highest BCUT2D eigenvalue weighted by atomic mass is 32.2.